The number of aryl methyl sites for hydroxylation is 1. The van der Waals surface area contributed by atoms with Gasteiger partial charge in [-0.05, 0) is 39.8 Å². The molecule has 0 unspecified atom stereocenters. The van der Waals surface area contributed by atoms with E-state index in [-0.39, 0.29) is 18.0 Å². The number of benzene rings is 1. The molecule has 1 aromatic heterocycles. The maximum Gasteiger partial charge on any atom is 0.165 e. The Morgan fingerprint density at radius 2 is 2.00 bits per heavy atom. The van der Waals surface area contributed by atoms with E-state index in [1.54, 1.807) is 0 Å². The van der Waals surface area contributed by atoms with Crippen molar-refractivity contribution in [3.05, 3.63) is 30.1 Å². The molecule has 20 heavy (non-hydrogen) atoms. The molecule has 0 aliphatic heterocycles. The van der Waals surface area contributed by atoms with Crippen molar-refractivity contribution in [1.29, 1.82) is 0 Å². The standard InChI is InChI=1S/C16H22N2O2/c1-5-18-14-9-7-6-8-13(14)17-15(18)10-12(19)11-20-16(2,3)4/h6-9H,5,10-11H2,1-4H3. The molecular formula is C16H22N2O2. The molecule has 0 aliphatic carbocycles. The molecule has 1 heterocycles. The minimum absolute atomic E-state index is 0.0601. The molecule has 0 amide bonds. The number of rotatable bonds is 5. The lowest BCUT2D eigenvalue weighted by molar-refractivity contribution is -0.127. The minimum atomic E-state index is -0.291. The van der Waals surface area contributed by atoms with Crippen LogP contribution in [0.3, 0.4) is 0 Å². The van der Waals surface area contributed by atoms with E-state index in [1.165, 1.54) is 0 Å². The number of Topliss-reactive ketones (excluding diaryl/α,β-unsaturated/α-hetero) is 1. The number of nitrogens with zero attached hydrogens (tertiary/aromatic N) is 2. The molecule has 0 atom stereocenters. The summed E-state index contributed by atoms with van der Waals surface area (Å²) in [5.74, 6) is 0.876. The molecule has 0 N–H and O–H groups in total. The van der Waals surface area contributed by atoms with Gasteiger partial charge < -0.3 is 9.30 Å². The SMILES string of the molecule is CCn1c(CC(=O)COC(C)(C)C)nc2ccccc21. The third-order valence-corrected chi connectivity index (χ3v) is 3.07. The quantitative estimate of drug-likeness (QED) is 0.842. The van der Waals surface area contributed by atoms with Crippen LogP contribution in [0.4, 0.5) is 0 Å². The first-order valence-electron chi connectivity index (χ1n) is 7.00. The first-order chi connectivity index (χ1) is 9.40. The summed E-state index contributed by atoms with van der Waals surface area (Å²) in [6, 6.07) is 7.96. The van der Waals surface area contributed by atoms with Crippen LogP contribution in [0.2, 0.25) is 0 Å². The summed E-state index contributed by atoms with van der Waals surface area (Å²) in [6.07, 6.45) is 0.318. The molecule has 0 bridgehead atoms. The van der Waals surface area contributed by atoms with Crippen molar-refractivity contribution in [2.24, 2.45) is 0 Å². The maximum atomic E-state index is 12.0. The Morgan fingerprint density at radius 1 is 1.30 bits per heavy atom. The summed E-state index contributed by atoms with van der Waals surface area (Å²) in [6.45, 7) is 8.85. The van der Waals surface area contributed by atoms with Gasteiger partial charge in [-0.15, -0.1) is 0 Å². The second-order valence-electron chi connectivity index (χ2n) is 5.88. The number of hydrogen-bond acceptors (Lipinski definition) is 3. The van der Waals surface area contributed by atoms with Gasteiger partial charge in [0.15, 0.2) is 5.78 Å². The fourth-order valence-corrected chi connectivity index (χ4v) is 2.14. The third-order valence-electron chi connectivity index (χ3n) is 3.07. The van der Waals surface area contributed by atoms with Crippen molar-refractivity contribution < 1.29 is 9.53 Å². The predicted molar refractivity (Wildman–Crippen MR) is 79.8 cm³/mol. The molecule has 0 spiro atoms. The van der Waals surface area contributed by atoms with Gasteiger partial charge >= 0.3 is 0 Å². The Bertz CT molecular complexity index is 608. The van der Waals surface area contributed by atoms with Gasteiger partial charge in [-0.2, -0.15) is 0 Å². The zero-order valence-corrected chi connectivity index (χ0v) is 12.6. The summed E-state index contributed by atoms with van der Waals surface area (Å²) >= 11 is 0. The van der Waals surface area contributed by atoms with Crippen LogP contribution < -0.4 is 0 Å². The van der Waals surface area contributed by atoms with Crippen molar-refractivity contribution in [2.45, 2.75) is 46.3 Å². The lowest BCUT2D eigenvalue weighted by Crippen LogP contribution is -2.25. The molecule has 108 valence electrons. The van der Waals surface area contributed by atoms with E-state index in [9.17, 15) is 4.79 Å². The number of carbonyl (C=O) groups is 1. The van der Waals surface area contributed by atoms with Gasteiger partial charge in [0.25, 0.3) is 0 Å². The third kappa shape index (κ3) is 3.45. The summed E-state index contributed by atoms with van der Waals surface area (Å²) in [5.41, 5.74) is 1.73. The van der Waals surface area contributed by atoms with Crippen molar-refractivity contribution in [1.82, 2.24) is 9.55 Å². The number of ketones is 1. The lowest BCUT2D eigenvalue weighted by Gasteiger charge is -2.18. The van der Waals surface area contributed by atoms with Gasteiger partial charge in [-0.3, -0.25) is 4.79 Å². The van der Waals surface area contributed by atoms with E-state index in [0.29, 0.717) is 6.42 Å². The molecule has 2 rings (SSSR count). The fraction of sp³-hybridized carbons (Fsp3) is 0.500. The van der Waals surface area contributed by atoms with Gasteiger partial charge in [0.1, 0.15) is 12.4 Å². The molecule has 0 saturated carbocycles. The molecule has 4 heteroatoms. The highest BCUT2D eigenvalue weighted by Crippen LogP contribution is 2.16. The lowest BCUT2D eigenvalue weighted by atomic mass is 10.2. The molecular weight excluding hydrogens is 252 g/mol. The van der Waals surface area contributed by atoms with Gasteiger partial charge in [0.05, 0.1) is 23.1 Å². The Kier molecular flexibility index (Phi) is 4.23. The van der Waals surface area contributed by atoms with Gasteiger partial charge in [-0.1, -0.05) is 12.1 Å². The van der Waals surface area contributed by atoms with Crippen molar-refractivity contribution >= 4 is 16.8 Å². The number of ether oxygens (including phenoxy) is 1. The Morgan fingerprint density at radius 3 is 2.65 bits per heavy atom. The van der Waals surface area contributed by atoms with Crippen LogP contribution in [0.1, 0.15) is 33.5 Å². The maximum absolute atomic E-state index is 12.0. The summed E-state index contributed by atoms with van der Waals surface area (Å²) in [4.78, 5) is 16.6. The molecule has 0 radical (unpaired) electrons. The number of para-hydroxylation sites is 2. The largest absolute Gasteiger partial charge is 0.368 e. The Balaban J connectivity index is 2.15. The molecule has 1 aromatic carbocycles. The first-order valence-corrected chi connectivity index (χ1v) is 7.00. The zero-order valence-electron chi connectivity index (χ0n) is 12.6. The van der Waals surface area contributed by atoms with E-state index in [4.69, 9.17) is 4.74 Å². The summed E-state index contributed by atoms with van der Waals surface area (Å²) < 4.78 is 7.61. The molecule has 4 nitrogen and oxygen atoms in total. The number of carbonyl (C=O) groups excluding carboxylic acids is 1. The van der Waals surface area contributed by atoms with Crippen LogP contribution in [-0.2, 0) is 22.5 Å². The first kappa shape index (κ1) is 14.7. The van der Waals surface area contributed by atoms with Gasteiger partial charge in [-0.25, -0.2) is 4.98 Å². The monoisotopic (exact) mass is 274 g/mol. The van der Waals surface area contributed by atoms with E-state index in [0.717, 1.165) is 23.4 Å². The number of imidazole rings is 1. The highest BCUT2D eigenvalue weighted by molar-refractivity contribution is 5.83. The highest BCUT2D eigenvalue weighted by Gasteiger charge is 2.16. The van der Waals surface area contributed by atoms with Gasteiger partial charge in [0.2, 0.25) is 0 Å². The summed E-state index contributed by atoms with van der Waals surface area (Å²) in [5, 5.41) is 0. The highest BCUT2D eigenvalue weighted by atomic mass is 16.5. The normalized spacial score (nSPS) is 12.0. The molecule has 0 saturated heterocycles. The van der Waals surface area contributed by atoms with E-state index in [1.807, 2.05) is 45.0 Å². The van der Waals surface area contributed by atoms with Crippen LogP contribution in [0, 0.1) is 0 Å². The van der Waals surface area contributed by atoms with Crippen LogP contribution in [0.15, 0.2) is 24.3 Å². The van der Waals surface area contributed by atoms with Crippen LogP contribution in [-0.4, -0.2) is 27.5 Å². The number of fused-ring (bicyclic) bond motifs is 1. The topological polar surface area (TPSA) is 44.1 Å². The molecule has 2 aromatic rings. The van der Waals surface area contributed by atoms with Crippen molar-refractivity contribution in [3.63, 3.8) is 0 Å². The van der Waals surface area contributed by atoms with Crippen LogP contribution >= 0.6 is 0 Å². The zero-order chi connectivity index (χ0) is 14.8. The van der Waals surface area contributed by atoms with Crippen LogP contribution in [0.25, 0.3) is 11.0 Å². The van der Waals surface area contributed by atoms with Gasteiger partial charge in [0, 0.05) is 6.54 Å². The number of hydrogen-bond donors (Lipinski definition) is 0. The average Bonchev–Trinajstić information content (AvgIpc) is 2.72. The van der Waals surface area contributed by atoms with E-state index in [2.05, 4.69) is 16.5 Å². The fourth-order valence-electron chi connectivity index (χ4n) is 2.14. The van der Waals surface area contributed by atoms with Crippen molar-refractivity contribution in [3.8, 4) is 0 Å². The van der Waals surface area contributed by atoms with Crippen LogP contribution in [0.5, 0.6) is 0 Å². The molecule has 0 fully saturated rings. The van der Waals surface area contributed by atoms with Crippen molar-refractivity contribution in [2.75, 3.05) is 6.61 Å². The smallest absolute Gasteiger partial charge is 0.165 e. The second-order valence-corrected chi connectivity index (χ2v) is 5.88. The summed E-state index contributed by atoms with van der Waals surface area (Å²) in [7, 11) is 0. The van der Waals surface area contributed by atoms with E-state index >= 15 is 0 Å². The number of aromatic nitrogens is 2. The average molecular weight is 274 g/mol. The Labute approximate surface area is 119 Å². The molecule has 0 aliphatic rings. The minimum Gasteiger partial charge on any atom is -0.368 e. The predicted octanol–water partition coefficient (Wildman–Crippen LogP) is 2.98. The second kappa shape index (κ2) is 5.75. The Hall–Kier alpha value is -1.68. The van der Waals surface area contributed by atoms with E-state index < -0.39 is 0 Å².